The zero-order chi connectivity index (χ0) is 79.5. The molecule has 2 fully saturated rings. The van der Waals surface area contributed by atoms with Gasteiger partial charge >= 0.3 is 36.6 Å². The molecule has 6 amide bonds. The first kappa shape index (κ1) is 88.7. The summed E-state index contributed by atoms with van der Waals surface area (Å²) >= 11 is 0. The molecule has 0 aromatic heterocycles. The average molecular weight is 1440 g/mol. The van der Waals surface area contributed by atoms with Gasteiger partial charge in [-0.2, -0.15) is 0 Å². The normalized spacial score (nSPS) is 18.0. The van der Waals surface area contributed by atoms with E-state index < -0.39 is 35.0 Å². The summed E-state index contributed by atoms with van der Waals surface area (Å²) in [7, 11) is 1.73. The van der Waals surface area contributed by atoms with Crippen LogP contribution in [0.25, 0.3) is 0 Å². The van der Waals surface area contributed by atoms with Crippen LogP contribution >= 0.6 is 0 Å². The molecule has 0 N–H and O–H groups in total. The molecule has 0 spiro atoms. The highest BCUT2D eigenvalue weighted by atomic mass is 16.6. The molecule has 103 heavy (non-hydrogen) atoms. The van der Waals surface area contributed by atoms with Crippen LogP contribution < -0.4 is 0 Å². The molecular formula is C85H142N6O12. The van der Waals surface area contributed by atoms with Gasteiger partial charge in [0.15, 0.2) is 0 Å². The summed E-state index contributed by atoms with van der Waals surface area (Å²) in [5.74, 6) is 4.55. The lowest BCUT2D eigenvalue weighted by atomic mass is 9.82. The summed E-state index contributed by atoms with van der Waals surface area (Å²) < 4.78 is 40.5. The Labute approximate surface area is 626 Å². The van der Waals surface area contributed by atoms with Crippen LogP contribution in [0.5, 0.6) is 0 Å². The van der Waals surface area contributed by atoms with Gasteiger partial charge in [0.2, 0.25) is 0 Å². The minimum absolute atomic E-state index is 0.155. The van der Waals surface area contributed by atoms with Crippen LogP contribution in [0, 0.1) is 29.6 Å². The number of carbonyl (C=O) groups excluding carboxylic acids is 6. The van der Waals surface area contributed by atoms with Gasteiger partial charge in [0.1, 0.15) is 33.6 Å². The largest absolute Gasteiger partial charge is 0.444 e. The molecule has 3 aromatic carbocycles. The lowest BCUT2D eigenvalue weighted by Crippen LogP contribution is -2.43. The molecule has 3 atom stereocenters. The van der Waals surface area contributed by atoms with Gasteiger partial charge in [0, 0.05) is 85.8 Å². The molecule has 5 aliphatic rings. The number of nitrogens with zero attached hydrogens (tertiary/aromatic N) is 6. The number of carbonyl (C=O) groups is 6. The predicted octanol–water partition coefficient (Wildman–Crippen LogP) is 21.2. The van der Waals surface area contributed by atoms with Crippen LogP contribution in [0.3, 0.4) is 0 Å². The van der Waals surface area contributed by atoms with E-state index in [1.165, 1.54) is 50.3 Å². The van der Waals surface area contributed by atoms with Crippen molar-refractivity contribution < 1.29 is 58.6 Å². The second-order valence-electron chi connectivity index (χ2n) is 36.3. The van der Waals surface area contributed by atoms with Gasteiger partial charge in [0.05, 0.1) is 0 Å². The van der Waals surface area contributed by atoms with E-state index in [0.717, 1.165) is 69.4 Å². The van der Waals surface area contributed by atoms with Crippen molar-refractivity contribution in [2.24, 2.45) is 29.6 Å². The highest BCUT2D eigenvalue weighted by molar-refractivity contribution is 5.71. The van der Waals surface area contributed by atoms with Crippen LogP contribution in [-0.4, -0.2) is 152 Å². The number of ether oxygens (including phenoxy) is 6. The molecule has 0 aliphatic carbocycles. The zero-order valence-corrected chi connectivity index (χ0v) is 70.0. The summed E-state index contributed by atoms with van der Waals surface area (Å²) in [5, 5.41) is 0. The van der Waals surface area contributed by atoms with Crippen LogP contribution in [0.2, 0.25) is 0 Å². The molecule has 18 heteroatoms. The summed E-state index contributed by atoms with van der Waals surface area (Å²) in [6.07, 6.45) is 3.71. The van der Waals surface area contributed by atoms with E-state index in [2.05, 4.69) is 112 Å². The summed E-state index contributed by atoms with van der Waals surface area (Å²) in [6, 6.07) is 21.1. The molecule has 18 nitrogen and oxygen atoms in total. The number of hydrogen-bond donors (Lipinski definition) is 0. The average Bonchev–Trinajstić information content (AvgIpc) is 1.08. The topological polar surface area (TPSA) is 177 Å². The van der Waals surface area contributed by atoms with Crippen LogP contribution in [0.15, 0.2) is 60.7 Å². The number of piperidine rings is 2. The Morgan fingerprint density at radius 3 is 1.23 bits per heavy atom. The first-order valence-corrected chi connectivity index (χ1v) is 38.2. The molecule has 8 rings (SSSR count). The molecule has 5 aliphatic heterocycles. The van der Waals surface area contributed by atoms with Gasteiger partial charge in [-0.25, -0.2) is 28.8 Å². The van der Waals surface area contributed by atoms with Crippen molar-refractivity contribution in [1.82, 2.24) is 29.4 Å². The lowest BCUT2D eigenvalue weighted by molar-refractivity contribution is 0.0135. The van der Waals surface area contributed by atoms with E-state index in [4.69, 9.17) is 29.8 Å². The number of hydrogen-bond acceptors (Lipinski definition) is 12. The third-order valence-corrected chi connectivity index (χ3v) is 18.0. The van der Waals surface area contributed by atoms with E-state index in [1.54, 1.807) is 16.8 Å². The summed E-state index contributed by atoms with van der Waals surface area (Å²) in [4.78, 5) is 82.0. The fourth-order valence-corrected chi connectivity index (χ4v) is 12.3. The van der Waals surface area contributed by atoms with Gasteiger partial charge in [-0.1, -0.05) is 130 Å². The maximum absolute atomic E-state index is 12.3. The van der Waals surface area contributed by atoms with Crippen molar-refractivity contribution in [3.63, 3.8) is 0 Å². The van der Waals surface area contributed by atoms with Gasteiger partial charge < -0.3 is 52.9 Å². The van der Waals surface area contributed by atoms with Crippen LogP contribution in [0.4, 0.5) is 28.8 Å². The predicted molar refractivity (Wildman–Crippen MR) is 417 cm³/mol. The fourth-order valence-electron chi connectivity index (χ4n) is 12.3. The second-order valence-corrected chi connectivity index (χ2v) is 36.3. The fraction of sp³-hybridized carbons (Fsp3) is 0.718. The van der Waals surface area contributed by atoms with Crippen molar-refractivity contribution in [3.05, 3.63) is 105 Å². The van der Waals surface area contributed by atoms with E-state index >= 15 is 0 Å². The molecule has 3 aromatic rings. The highest BCUT2D eigenvalue weighted by Crippen LogP contribution is 2.36. The van der Waals surface area contributed by atoms with Crippen molar-refractivity contribution >= 4 is 36.6 Å². The lowest BCUT2D eigenvalue weighted by Gasteiger charge is -2.37. The van der Waals surface area contributed by atoms with Crippen molar-refractivity contribution in [2.75, 3.05) is 46.3 Å². The van der Waals surface area contributed by atoms with E-state index in [-0.39, 0.29) is 47.7 Å². The number of benzene rings is 3. The molecule has 0 saturated carbocycles. The van der Waals surface area contributed by atoms with Gasteiger partial charge in [-0.15, -0.1) is 0 Å². The number of rotatable bonds is 6. The van der Waals surface area contributed by atoms with Crippen LogP contribution in [-0.2, 0) is 61.0 Å². The van der Waals surface area contributed by atoms with Crippen molar-refractivity contribution in [3.8, 4) is 0 Å². The highest BCUT2D eigenvalue weighted by Gasteiger charge is 2.35. The Bertz CT molecular complexity index is 3200. The van der Waals surface area contributed by atoms with Gasteiger partial charge in [-0.05, 0) is 257 Å². The van der Waals surface area contributed by atoms with Crippen molar-refractivity contribution in [1.29, 1.82) is 0 Å². The molecule has 3 unspecified atom stereocenters. The van der Waals surface area contributed by atoms with Gasteiger partial charge in [-0.3, -0.25) is 4.90 Å². The van der Waals surface area contributed by atoms with Gasteiger partial charge in [0.25, 0.3) is 0 Å². The monoisotopic (exact) mass is 1440 g/mol. The molecule has 0 radical (unpaired) electrons. The second kappa shape index (κ2) is 39.0. The van der Waals surface area contributed by atoms with Crippen molar-refractivity contribution in [2.45, 2.75) is 323 Å². The Balaban J connectivity index is 0.000000327. The Kier molecular flexibility index (Phi) is 33.6. The first-order chi connectivity index (χ1) is 47.6. The van der Waals surface area contributed by atoms with Crippen LogP contribution in [0.1, 0.15) is 297 Å². The van der Waals surface area contributed by atoms with E-state index in [1.807, 2.05) is 171 Å². The van der Waals surface area contributed by atoms with E-state index in [0.29, 0.717) is 68.1 Å². The Hall–Kier alpha value is -6.72. The maximum Gasteiger partial charge on any atom is 0.410 e. The Morgan fingerprint density at radius 1 is 0.408 bits per heavy atom. The molecular weight excluding hydrogens is 1300 g/mol. The van der Waals surface area contributed by atoms with E-state index in [9.17, 15) is 28.8 Å². The maximum atomic E-state index is 12.3. The quantitative estimate of drug-likeness (QED) is 0.214. The zero-order valence-electron chi connectivity index (χ0n) is 71.0. The minimum atomic E-state index is -0.577. The molecule has 584 valence electrons. The number of fused-ring (bicyclic) bond motifs is 3. The third-order valence-electron chi connectivity index (χ3n) is 18.0. The Morgan fingerprint density at radius 2 is 0.796 bits per heavy atom. The minimum Gasteiger partial charge on any atom is -0.444 e. The third kappa shape index (κ3) is 32.7. The summed E-state index contributed by atoms with van der Waals surface area (Å²) in [6.45, 7) is 65.9. The first-order valence-electron chi connectivity index (χ1n) is 38.7. The molecule has 5 heterocycles. The number of likely N-dealkylation sites (tertiary alicyclic amines) is 2. The summed E-state index contributed by atoms with van der Waals surface area (Å²) in [5.41, 5.74) is 7.56. The molecule has 0 bridgehead atoms. The smallest absolute Gasteiger partial charge is 0.410 e. The number of amides is 6. The SMILES string of the molecule is CC(C)C1CCCN(C(=O)OC(C)(C)C)C1.CC(C)C1CCN(C(=O)OC(C)(C)C)CC1.CC(C)C1CN(C(=O)OC(C)(C)C)Cc2ccccc21.CC(C)N(C)C(=O)OC(C)(C)C.CC(C)c1cccc2c1CN(C(=O)OC(C)(C)C)C2.[3H]C1Cc2c(cccc2C(C)C)CN1C(=O)OC(C)(C)C. The molecule has 2 saturated heterocycles. The standard InChI is InChI=1S/2C17H25NO2.C16H23NO2.2C13H25NO2.C9H19NO2/c1-12(2)14-8-6-7-13-11-18(10-9-15(13)14)16(19)20-17(3,4)5;1-12(2)15-11-18(16(19)20-17(3,4)5)10-13-8-6-7-9-14(13)15;1-11(2)13-8-6-7-12-9-17(10-14(12)13)15(18)19-16(3,4)5;1-10(2)11-6-8-14(9-7-11)12(15)16-13(3,4)5;1-10(2)11-7-6-8-14(9-11)12(15)16-13(3,4)5;1-7(2)10(6)8(11)12-9(3,4)5/h6-8,12H,9-11H2,1-5H3;6-9,12,15H,10-11H2,1-5H3;6-8,11H,9-10H2,1-5H3;2*10-11H,6-9H2,1-5H3;7H,1-6H3/i10T;;;;;.